The van der Waals surface area contributed by atoms with E-state index in [0.29, 0.717) is 17.5 Å². The van der Waals surface area contributed by atoms with Crippen LogP contribution in [-0.2, 0) is 7.05 Å². The van der Waals surface area contributed by atoms with Crippen molar-refractivity contribution in [1.82, 2.24) is 20.3 Å². The number of hydrogen-bond donors (Lipinski definition) is 2. The van der Waals surface area contributed by atoms with Gasteiger partial charge in [0.2, 0.25) is 0 Å². The fourth-order valence-electron chi connectivity index (χ4n) is 2.69. The van der Waals surface area contributed by atoms with Crippen molar-refractivity contribution in [3.8, 4) is 0 Å². The summed E-state index contributed by atoms with van der Waals surface area (Å²) in [6.07, 6.45) is -0.160. The lowest BCUT2D eigenvalue weighted by Crippen LogP contribution is -2.33. The number of hydrogen-bond acceptors (Lipinski definition) is 4. The van der Waals surface area contributed by atoms with Crippen LogP contribution in [-0.4, -0.2) is 32.0 Å². The van der Waals surface area contributed by atoms with Crippen LogP contribution in [0.1, 0.15) is 35.4 Å². The second-order valence-electron chi connectivity index (χ2n) is 5.95. The minimum Gasteiger partial charge on any atom is -0.388 e. The predicted molar refractivity (Wildman–Crippen MR) is 91.5 cm³/mol. The molecule has 0 aliphatic carbocycles. The van der Waals surface area contributed by atoms with E-state index in [-0.39, 0.29) is 11.9 Å². The van der Waals surface area contributed by atoms with Gasteiger partial charge in [0.15, 0.2) is 0 Å². The molecule has 2 atom stereocenters. The number of nitrogens with zero attached hydrogens (tertiary/aromatic N) is 3. The molecule has 0 fully saturated rings. The van der Waals surface area contributed by atoms with Crippen LogP contribution in [0, 0.1) is 0 Å². The summed E-state index contributed by atoms with van der Waals surface area (Å²) in [5.74, 6) is -0.185. The summed E-state index contributed by atoms with van der Waals surface area (Å²) in [6, 6.07) is 14.6. The zero-order valence-corrected chi connectivity index (χ0v) is 13.7. The number of aryl methyl sites for hydroxylation is 1. The lowest BCUT2D eigenvalue weighted by molar-refractivity contribution is 0.0917. The highest BCUT2D eigenvalue weighted by Gasteiger charge is 2.16. The summed E-state index contributed by atoms with van der Waals surface area (Å²) in [5, 5.41) is 21.1. The molecule has 124 valence electrons. The van der Waals surface area contributed by atoms with E-state index in [4.69, 9.17) is 0 Å². The van der Waals surface area contributed by atoms with E-state index in [1.54, 1.807) is 16.8 Å². The maximum atomic E-state index is 12.4. The molecule has 1 aromatic heterocycles. The monoisotopic (exact) mass is 324 g/mol. The SMILES string of the molecule is C[C@@H](C[C@H](O)c1ccccc1)NC(=O)c1ccc2c(c1)nnn2C. The Bertz CT molecular complexity index is 845. The minimum atomic E-state index is -0.607. The van der Waals surface area contributed by atoms with Gasteiger partial charge in [-0.3, -0.25) is 4.79 Å². The predicted octanol–water partition coefficient (Wildman–Crippen LogP) is 2.21. The molecule has 6 heteroatoms. The second kappa shape index (κ2) is 6.80. The number of carbonyl (C=O) groups excluding carboxylic acids is 1. The van der Waals surface area contributed by atoms with Crippen LogP contribution in [0.5, 0.6) is 0 Å². The van der Waals surface area contributed by atoms with Crippen LogP contribution in [0.4, 0.5) is 0 Å². The number of benzene rings is 2. The van der Waals surface area contributed by atoms with Gasteiger partial charge < -0.3 is 10.4 Å². The summed E-state index contributed by atoms with van der Waals surface area (Å²) >= 11 is 0. The molecule has 24 heavy (non-hydrogen) atoms. The molecule has 0 aliphatic rings. The van der Waals surface area contributed by atoms with Crippen molar-refractivity contribution in [2.45, 2.75) is 25.5 Å². The molecule has 2 aromatic carbocycles. The molecule has 1 amide bonds. The van der Waals surface area contributed by atoms with E-state index in [0.717, 1.165) is 11.1 Å². The third-order valence-corrected chi connectivity index (χ3v) is 4.01. The Labute approximate surface area is 140 Å². The average molecular weight is 324 g/mol. The highest BCUT2D eigenvalue weighted by molar-refractivity contribution is 5.97. The van der Waals surface area contributed by atoms with E-state index in [1.807, 2.05) is 50.4 Å². The molecule has 0 spiro atoms. The Morgan fingerprint density at radius 2 is 2.00 bits per heavy atom. The summed E-state index contributed by atoms with van der Waals surface area (Å²) in [6.45, 7) is 1.88. The van der Waals surface area contributed by atoms with Gasteiger partial charge in [0.25, 0.3) is 5.91 Å². The summed E-state index contributed by atoms with van der Waals surface area (Å²) in [4.78, 5) is 12.4. The Morgan fingerprint density at radius 3 is 2.75 bits per heavy atom. The zero-order valence-electron chi connectivity index (χ0n) is 13.7. The van der Waals surface area contributed by atoms with Gasteiger partial charge in [0.05, 0.1) is 11.6 Å². The maximum absolute atomic E-state index is 12.4. The Morgan fingerprint density at radius 1 is 1.25 bits per heavy atom. The molecular formula is C18H20N4O2. The highest BCUT2D eigenvalue weighted by atomic mass is 16.3. The number of aromatic nitrogens is 3. The molecule has 0 unspecified atom stereocenters. The van der Waals surface area contributed by atoms with Crippen LogP contribution in [0.2, 0.25) is 0 Å². The van der Waals surface area contributed by atoms with Gasteiger partial charge >= 0.3 is 0 Å². The van der Waals surface area contributed by atoms with Gasteiger partial charge in [-0.1, -0.05) is 35.5 Å². The molecule has 0 radical (unpaired) electrons. The molecule has 0 saturated carbocycles. The molecule has 6 nitrogen and oxygen atoms in total. The maximum Gasteiger partial charge on any atom is 0.251 e. The summed E-state index contributed by atoms with van der Waals surface area (Å²) < 4.78 is 1.66. The lowest BCUT2D eigenvalue weighted by Gasteiger charge is -2.18. The lowest BCUT2D eigenvalue weighted by atomic mass is 10.0. The Hall–Kier alpha value is -2.73. The van der Waals surface area contributed by atoms with Crippen LogP contribution in [0.3, 0.4) is 0 Å². The normalized spacial score (nSPS) is 13.6. The van der Waals surface area contributed by atoms with Crippen LogP contribution >= 0.6 is 0 Å². The van der Waals surface area contributed by atoms with Gasteiger partial charge in [-0.25, -0.2) is 4.68 Å². The van der Waals surface area contributed by atoms with Gasteiger partial charge in [-0.05, 0) is 37.1 Å². The van der Waals surface area contributed by atoms with Crippen molar-refractivity contribution in [3.05, 3.63) is 59.7 Å². The van der Waals surface area contributed by atoms with Crippen molar-refractivity contribution < 1.29 is 9.90 Å². The van der Waals surface area contributed by atoms with Crippen molar-refractivity contribution in [2.24, 2.45) is 7.05 Å². The molecule has 3 aromatic rings. The molecule has 1 heterocycles. The molecule has 0 bridgehead atoms. The molecule has 0 saturated heterocycles. The average Bonchev–Trinajstić information content (AvgIpc) is 2.96. The summed E-state index contributed by atoms with van der Waals surface area (Å²) in [5.41, 5.74) is 2.94. The number of rotatable bonds is 5. The van der Waals surface area contributed by atoms with Gasteiger partial charge in [0.1, 0.15) is 5.52 Å². The van der Waals surface area contributed by atoms with Crippen molar-refractivity contribution in [2.75, 3.05) is 0 Å². The molecular weight excluding hydrogens is 304 g/mol. The van der Waals surface area contributed by atoms with Crippen molar-refractivity contribution in [3.63, 3.8) is 0 Å². The highest BCUT2D eigenvalue weighted by Crippen LogP contribution is 2.18. The summed E-state index contributed by atoms with van der Waals surface area (Å²) in [7, 11) is 1.81. The topological polar surface area (TPSA) is 80.0 Å². The smallest absolute Gasteiger partial charge is 0.251 e. The first-order valence-corrected chi connectivity index (χ1v) is 7.88. The van der Waals surface area contributed by atoms with Gasteiger partial charge in [0, 0.05) is 18.7 Å². The number of carbonyl (C=O) groups is 1. The largest absolute Gasteiger partial charge is 0.388 e. The van der Waals surface area contributed by atoms with Crippen molar-refractivity contribution in [1.29, 1.82) is 0 Å². The Kier molecular flexibility index (Phi) is 4.57. The first-order chi connectivity index (χ1) is 11.5. The number of nitrogens with one attached hydrogen (secondary N) is 1. The molecule has 0 aliphatic heterocycles. The first-order valence-electron chi connectivity index (χ1n) is 7.88. The first kappa shape index (κ1) is 16.1. The minimum absolute atomic E-state index is 0.162. The van der Waals surface area contributed by atoms with Crippen LogP contribution in [0.15, 0.2) is 48.5 Å². The van der Waals surface area contributed by atoms with Crippen LogP contribution in [0.25, 0.3) is 11.0 Å². The third-order valence-electron chi connectivity index (χ3n) is 4.01. The number of aliphatic hydroxyl groups excluding tert-OH is 1. The fraction of sp³-hybridized carbons (Fsp3) is 0.278. The number of fused-ring (bicyclic) bond motifs is 1. The van der Waals surface area contributed by atoms with Crippen molar-refractivity contribution >= 4 is 16.9 Å². The number of aliphatic hydroxyl groups is 1. The third kappa shape index (κ3) is 3.44. The van der Waals surface area contributed by atoms with Gasteiger partial charge in [-0.15, -0.1) is 5.10 Å². The molecule has 2 N–H and O–H groups in total. The van der Waals surface area contributed by atoms with E-state index in [9.17, 15) is 9.90 Å². The number of amides is 1. The fourth-order valence-corrected chi connectivity index (χ4v) is 2.69. The second-order valence-corrected chi connectivity index (χ2v) is 5.95. The standard InChI is InChI=1S/C18H20N4O2/c1-12(10-17(23)13-6-4-3-5-7-13)19-18(24)14-8-9-16-15(11-14)20-21-22(16)2/h3-9,11-12,17,23H,10H2,1-2H3,(H,19,24)/t12-,17-/m0/s1. The van der Waals surface area contributed by atoms with E-state index < -0.39 is 6.10 Å². The quantitative estimate of drug-likeness (QED) is 0.754. The van der Waals surface area contributed by atoms with E-state index in [1.165, 1.54) is 0 Å². The Balaban J connectivity index is 1.64. The molecule has 3 rings (SSSR count). The van der Waals surface area contributed by atoms with Gasteiger partial charge in [-0.2, -0.15) is 0 Å². The van der Waals surface area contributed by atoms with Crippen LogP contribution < -0.4 is 5.32 Å². The zero-order chi connectivity index (χ0) is 17.1. The van der Waals surface area contributed by atoms with E-state index in [2.05, 4.69) is 15.6 Å². The van der Waals surface area contributed by atoms with E-state index >= 15 is 0 Å².